The predicted molar refractivity (Wildman–Crippen MR) is 153 cm³/mol. The SMILES string of the molecule is CC[C@@H](c1nnnn1CCc1ccccc1)N(Cc1ccc(OC)cc1)Cc1cc2cc(C)ccc2[nH]c1=O. The number of aromatic nitrogens is 5. The summed E-state index contributed by atoms with van der Waals surface area (Å²) in [6.07, 6.45) is 1.62. The highest BCUT2D eigenvalue weighted by Crippen LogP contribution is 2.27. The van der Waals surface area contributed by atoms with Crippen LogP contribution in [0, 0.1) is 6.92 Å². The van der Waals surface area contributed by atoms with E-state index >= 15 is 0 Å². The van der Waals surface area contributed by atoms with Gasteiger partial charge < -0.3 is 9.72 Å². The monoisotopic (exact) mass is 522 g/mol. The molecule has 0 aliphatic heterocycles. The van der Waals surface area contributed by atoms with E-state index in [-0.39, 0.29) is 11.6 Å². The van der Waals surface area contributed by atoms with E-state index in [1.54, 1.807) is 7.11 Å². The molecule has 0 saturated heterocycles. The number of aromatic amines is 1. The number of fused-ring (bicyclic) bond motifs is 1. The molecule has 0 amide bonds. The second kappa shape index (κ2) is 12.0. The van der Waals surface area contributed by atoms with Crippen LogP contribution in [0.4, 0.5) is 0 Å². The Morgan fingerprint density at radius 2 is 1.77 bits per heavy atom. The van der Waals surface area contributed by atoms with Crippen molar-refractivity contribution in [2.45, 2.75) is 52.4 Å². The summed E-state index contributed by atoms with van der Waals surface area (Å²) < 4.78 is 7.25. The van der Waals surface area contributed by atoms with Crippen LogP contribution in [-0.2, 0) is 26.1 Å². The van der Waals surface area contributed by atoms with Crippen molar-refractivity contribution in [2.24, 2.45) is 0 Å². The standard InChI is InChI=1S/C31H34N6O2/c1-4-29(30-33-34-35-37(30)17-16-23-8-6-5-7-9-23)36(20-24-11-13-27(39-3)14-12-24)21-26-19-25-18-22(2)10-15-28(25)32-31(26)38/h5-15,18-19,29H,4,16-17,20-21H2,1-3H3,(H,32,38)/t29-/m0/s1. The number of nitrogens with one attached hydrogen (secondary N) is 1. The van der Waals surface area contributed by atoms with Crippen LogP contribution < -0.4 is 10.3 Å². The number of aryl methyl sites for hydroxylation is 3. The summed E-state index contributed by atoms with van der Waals surface area (Å²) in [5.74, 6) is 1.61. The topological polar surface area (TPSA) is 88.9 Å². The molecule has 39 heavy (non-hydrogen) atoms. The van der Waals surface area contributed by atoms with Gasteiger partial charge in [-0.05, 0) is 77.0 Å². The molecule has 0 fully saturated rings. The van der Waals surface area contributed by atoms with Crippen molar-refractivity contribution in [1.29, 1.82) is 0 Å². The first-order valence-electron chi connectivity index (χ1n) is 13.3. The minimum absolute atomic E-state index is 0.0791. The first-order chi connectivity index (χ1) is 19.0. The van der Waals surface area contributed by atoms with Crippen molar-refractivity contribution >= 4 is 10.9 Å². The zero-order valence-electron chi connectivity index (χ0n) is 22.7. The second-order valence-electron chi connectivity index (χ2n) is 9.89. The van der Waals surface area contributed by atoms with Gasteiger partial charge in [-0.25, -0.2) is 4.68 Å². The lowest BCUT2D eigenvalue weighted by atomic mass is 10.1. The average molecular weight is 523 g/mol. The Bertz CT molecular complexity index is 1580. The summed E-state index contributed by atoms with van der Waals surface area (Å²) in [6.45, 7) is 5.95. The molecular weight excluding hydrogens is 488 g/mol. The zero-order chi connectivity index (χ0) is 27.2. The van der Waals surface area contributed by atoms with E-state index < -0.39 is 0 Å². The molecule has 0 saturated carbocycles. The van der Waals surface area contributed by atoms with Gasteiger partial charge in [0.15, 0.2) is 5.82 Å². The van der Waals surface area contributed by atoms with Crippen LogP contribution in [0.15, 0.2) is 83.7 Å². The van der Waals surface area contributed by atoms with Crippen molar-refractivity contribution in [1.82, 2.24) is 30.1 Å². The molecule has 1 N–H and O–H groups in total. The van der Waals surface area contributed by atoms with Crippen molar-refractivity contribution in [3.05, 3.63) is 117 Å². The molecule has 0 radical (unpaired) electrons. The van der Waals surface area contributed by atoms with Crippen molar-refractivity contribution < 1.29 is 4.74 Å². The minimum atomic E-state index is -0.0921. The Balaban J connectivity index is 1.48. The third-order valence-corrected chi connectivity index (χ3v) is 7.14. The number of hydrogen-bond donors (Lipinski definition) is 1. The maximum Gasteiger partial charge on any atom is 0.252 e. The van der Waals surface area contributed by atoms with Gasteiger partial charge >= 0.3 is 0 Å². The van der Waals surface area contributed by atoms with Crippen LogP contribution in [0.2, 0.25) is 0 Å². The Kier molecular flexibility index (Phi) is 8.13. The first-order valence-corrected chi connectivity index (χ1v) is 13.3. The van der Waals surface area contributed by atoms with Crippen molar-refractivity contribution in [3.63, 3.8) is 0 Å². The van der Waals surface area contributed by atoms with Crippen molar-refractivity contribution in [3.8, 4) is 5.75 Å². The molecule has 200 valence electrons. The van der Waals surface area contributed by atoms with Crippen LogP contribution in [0.3, 0.4) is 0 Å². The molecule has 0 aliphatic carbocycles. The van der Waals surface area contributed by atoms with E-state index in [0.29, 0.717) is 25.2 Å². The molecule has 2 aromatic heterocycles. The molecule has 5 aromatic rings. The van der Waals surface area contributed by atoms with Gasteiger partial charge in [-0.2, -0.15) is 0 Å². The van der Waals surface area contributed by atoms with Crippen LogP contribution in [-0.4, -0.2) is 37.2 Å². The van der Waals surface area contributed by atoms with Crippen LogP contribution in [0.1, 0.15) is 47.5 Å². The summed E-state index contributed by atoms with van der Waals surface area (Å²) in [5.41, 5.74) is 4.98. The third kappa shape index (κ3) is 6.23. The van der Waals surface area contributed by atoms with Gasteiger partial charge in [0.1, 0.15) is 5.75 Å². The van der Waals surface area contributed by atoms with E-state index in [1.807, 2.05) is 53.2 Å². The normalized spacial score (nSPS) is 12.2. The Morgan fingerprint density at radius 3 is 2.51 bits per heavy atom. The van der Waals surface area contributed by atoms with Crippen LogP contribution in [0.25, 0.3) is 10.9 Å². The lowest BCUT2D eigenvalue weighted by Gasteiger charge is -2.30. The number of pyridine rings is 1. The number of methoxy groups -OCH3 is 1. The summed E-state index contributed by atoms with van der Waals surface area (Å²) >= 11 is 0. The highest BCUT2D eigenvalue weighted by Gasteiger charge is 2.26. The third-order valence-electron chi connectivity index (χ3n) is 7.14. The summed E-state index contributed by atoms with van der Waals surface area (Å²) in [5, 5.41) is 13.9. The number of rotatable bonds is 11. The smallest absolute Gasteiger partial charge is 0.252 e. The molecule has 3 aromatic carbocycles. The molecule has 2 heterocycles. The van der Waals surface area contributed by atoms with E-state index in [0.717, 1.165) is 46.4 Å². The Morgan fingerprint density at radius 1 is 0.974 bits per heavy atom. The zero-order valence-corrected chi connectivity index (χ0v) is 22.7. The van der Waals surface area contributed by atoms with Crippen LogP contribution >= 0.6 is 0 Å². The molecule has 1 atom stereocenters. The number of benzene rings is 3. The summed E-state index contributed by atoms with van der Waals surface area (Å²) in [7, 11) is 1.66. The average Bonchev–Trinajstić information content (AvgIpc) is 3.42. The van der Waals surface area contributed by atoms with Gasteiger partial charge in [-0.15, -0.1) is 5.10 Å². The summed E-state index contributed by atoms with van der Waals surface area (Å²) in [4.78, 5) is 18.5. The second-order valence-corrected chi connectivity index (χ2v) is 9.89. The molecule has 5 rings (SSSR count). The minimum Gasteiger partial charge on any atom is -0.497 e. The highest BCUT2D eigenvalue weighted by molar-refractivity contribution is 5.79. The largest absolute Gasteiger partial charge is 0.497 e. The highest BCUT2D eigenvalue weighted by atomic mass is 16.5. The van der Waals surface area contributed by atoms with Gasteiger partial charge in [0.25, 0.3) is 5.56 Å². The van der Waals surface area contributed by atoms with Gasteiger partial charge in [0.2, 0.25) is 0 Å². The maximum atomic E-state index is 13.2. The maximum absolute atomic E-state index is 13.2. The fourth-order valence-electron chi connectivity index (χ4n) is 5.04. The fourth-order valence-corrected chi connectivity index (χ4v) is 5.04. The molecule has 0 aliphatic rings. The molecule has 0 bridgehead atoms. The van der Waals surface area contributed by atoms with Gasteiger partial charge in [0, 0.05) is 30.7 Å². The van der Waals surface area contributed by atoms with Gasteiger partial charge in [-0.3, -0.25) is 9.69 Å². The first kappa shape index (κ1) is 26.3. The van der Waals surface area contributed by atoms with Gasteiger partial charge in [-0.1, -0.05) is 61.0 Å². The van der Waals surface area contributed by atoms with E-state index in [9.17, 15) is 4.79 Å². The molecular formula is C31H34N6O2. The van der Waals surface area contributed by atoms with E-state index in [4.69, 9.17) is 4.74 Å². The van der Waals surface area contributed by atoms with Crippen LogP contribution in [0.5, 0.6) is 5.75 Å². The number of hydrogen-bond acceptors (Lipinski definition) is 6. The molecule has 0 spiro atoms. The predicted octanol–water partition coefficient (Wildman–Crippen LogP) is 5.23. The number of nitrogens with zero attached hydrogens (tertiary/aromatic N) is 5. The number of H-pyrrole nitrogens is 1. The lowest BCUT2D eigenvalue weighted by Crippen LogP contribution is -2.32. The Hall–Kier alpha value is -4.30. The fraction of sp³-hybridized carbons (Fsp3) is 0.290. The Labute approximate surface area is 228 Å². The van der Waals surface area contributed by atoms with Crippen molar-refractivity contribution in [2.75, 3.05) is 7.11 Å². The molecule has 8 nitrogen and oxygen atoms in total. The molecule has 8 heteroatoms. The molecule has 0 unspecified atom stereocenters. The number of tetrazole rings is 1. The number of ether oxygens (including phenoxy) is 1. The summed E-state index contributed by atoms with van der Waals surface area (Å²) in [6, 6.07) is 26.4. The quantitative estimate of drug-likeness (QED) is 0.256. The van der Waals surface area contributed by atoms with E-state index in [1.165, 1.54) is 5.56 Å². The lowest BCUT2D eigenvalue weighted by molar-refractivity contribution is 0.160. The van der Waals surface area contributed by atoms with E-state index in [2.05, 4.69) is 69.6 Å². The van der Waals surface area contributed by atoms with Gasteiger partial charge in [0.05, 0.1) is 13.2 Å².